The average molecular weight is 351 g/mol. The lowest BCUT2D eigenvalue weighted by atomic mass is 10.1. The fourth-order valence-corrected chi connectivity index (χ4v) is 3.33. The van der Waals surface area contributed by atoms with Crippen molar-refractivity contribution in [1.82, 2.24) is 19.5 Å². The molecule has 2 amide bonds. The van der Waals surface area contributed by atoms with Crippen LogP contribution in [0.2, 0.25) is 0 Å². The predicted octanol–water partition coefficient (Wildman–Crippen LogP) is 1.20. The van der Waals surface area contributed by atoms with E-state index in [1.165, 1.54) is 22.7 Å². The molecule has 0 radical (unpaired) electrons. The molecule has 8 nitrogen and oxygen atoms in total. The smallest absolute Gasteiger partial charge is 0.269 e. The Balaban J connectivity index is 1.88. The number of rotatable bonds is 3. The van der Waals surface area contributed by atoms with Gasteiger partial charge in [-0.25, -0.2) is 4.52 Å². The number of carbonyl (C=O) groups is 2. The molecule has 1 aromatic carbocycles. The summed E-state index contributed by atoms with van der Waals surface area (Å²) in [5.41, 5.74) is 9.40. The molecule has 8 heteroatoms. The van der Waals surface area contributed by atoms with E-state index in [-0.39, 0.29) is 17.4 Å². The number of amides is 2. The number of H-pyrrole nitrogens is 1. The molecule has 0 saturated carbocycles. The second-order valence-corrected chi connectivity index (χ2v) is 6.16. The Morgan fingerprint density at radius 3 is 2.69 bits per heavy atom. The monoisotopic (exact) mass is 351 g/mol. The average Bonchev–Trinajstić information content (AvgIpc) is 3.17. The largest absolute Gasteiger partial charge is 0.508 e. The van der Waals surface area contributed by atoms with Crippen molar-refractivity contribution in [1.29, 1.82) is 0 Å². The minimum Gasteiger partial charge on any atom is -0.508 e. The van der Waals surface area contributed by atoms with E-state index in [1.54, 1.807) is 17.0 Å². The molecular formula is C18H17N5O3. The lowest BCUT2D eigenvalue weighted by molar-refractivity contribution is -0.126. The molecule has 4 rings (SSSR count). The molecule has 1 aliphatic heterocycles. The van der Waals surface area contributed by atoms with Gasteiger partial charge in [0.05, 0.1) is 17.9 Å². The van der Waals surface area contributed by atoms with Crippen molar-refractivity contribution in [3.05, 3.63) is 53.9 Å². The Kier molecular flexibility index (Phi) is 3.54. The van der Waals surface area contributed by atoms with E-state index >= 15 is 0 Å². The van der Waals surface area contributed by atoms with Crippen LogP contribution in [0.15, 0.2) is 36.9 Å². The van der Waals surface area contributed by atoms with E-state index in [1.807, 2.05) is 0 Å². The van der Waals surface area contributed by atoms with Crippen LogP contribution in [0.3, 0.4) is 0 Å². The molecule has 0 bridgehead atoms. The molecule has 0 fully saturated rings. The Hall–Kier alpha value is -3.55. The van der Waals surface area contributed by atoms with Crippen LogP contribution in [0.1, 0.15) is 21.7 Å². The number of fused-ring (bicyclic) bond motifs is 3. The molecule has 0 spiro atoms. The van der Waals surface area contributed by atoms with Gasteiger partial charge in [0.15, 0.2) is 5.69 Å². The van der Waals surface area contributed by atoms with Crippen LogP contribution >= 0.6 is 0 Å². The molecule has 0 saturated heterocycles. The summed E-state index contributed by atoms with van der Waals surface area (Å²) < 4.78 is 1.51. The van der Waals surface area contributed by atoms with Gasteiger partial charge in [0.25, 0.3) is 5.91 Å². The summed E-state index contributed by atoms with van der Waals surface area (Å²) in [5.74, 6) is -0.629. The Morgan fingerprint density at radius 2 is 2.04 bits per heavy atom. The van der Waals surface area contributed by atoms with E-state index in [9.17, 15) is 14.7 Å². The molecular weight excluding hydrogens is 334 g/mol. The number of phenols is 1. The second kappa shape index (κ2) is 5.76. The molecule has 0 unspecified atom stereocenters. The maximum absolute atomic E-state index is 12.1. The van der Waals surface area contributed by atoms with Gasteiger partial charge in [-0.2, -0.15) is 5.10 Å². The minimum atomic E-state index is -0.613. The highest BCUT2D eigenvalue weighted by Crippen LogP contribution is 2.30. The number of benzene rings is 1. The first-order chi connectivity index (χ1) is 12.5. The Morgan fingerprint density at radius 1 is 1.31 bits per heavy atom. The molecule has 1 aliphatic rings. The van der Waals surface area contributed by atoms with Crippen molar-refractivity contribution in [2.45, 2.75) is 13.0 Å². The normalized spacial score (nSPS) is 13.6. The number of phenolic OH excluding ortho intramolecular Hbond substituents is 1. The molecule has 4 N–H and O–H groups in total. The molecule has 0 atom stereocenters. The van der Waals surface area contributed by atoms with E-state index in [2.05, 4.69) is 16.7 Å². The number of nitrogens with two attached hydrogens (primary N) is 1. The second-order valence-electron chi connectivity index (χ2n) is 6.16. The quantitative estimate of drug-likeness (QED) is 0.615. The Bertz CT molecular complexity index is 1050. The molecule has 132 valence electrons. The molecule has 3 aromatic rings. The predicted molar refractivity (Wildman–Crippen MR) is 94.5 cm³/mol. The third-order valence-electron chi connectivity index (χ3n) is 4.60. The minimum absolute atomic E-state index is 0.127. The van der Waals surface area contributed by atoms with Crippen molar-refractivity contribution in [3.8, 4) is 17.0 Å². The number of imidazole rings is 1. The third-order valence-corrected chi connectivity index (χ3v) is 4.60. The number of hydrogen-bond acceptors (Lipinski definition) is 4. The summed E-state index contributed by atoms with van der Waals surface area (Å²) in [5, 5.41) is 14.0. The van der Waals surface area contributed by atoms with Crippen LogP contribution in [-0.4, -0.2) is 43.0 Å². The standard InChI is InChI=1S/C18H17N5O3/c1-2-14(25)22-8-7-13-12(9-22)18-20-15(10-3-5-11(24)6-4-10)16(17(19)26)23(18)21-13/h2-6,20,24H,1,7-9H2,(H2,19,26). The lowest BCUT2D eigenvalue weighted by Crippen LogP contribution is -2.34. The van der Waals surface area contributed by atoms with E-state index in [4.69, 9.17) is 5.73 Å². The van der Waals surface area contributed by atoms with Gasteiger partial charge in [-0.05, 0) is 30.3 Å². The SMILES string of the molecule is C=CC(=O)N1CCc2nn3c(C(N)=O)c(-c4ccc(O)cc4)[nH]c3c2C1. The highest BCUT2D eigenvalue weighted by Gasteiger charge is 2.28. The van der Waals surface area contributed by atoms with Crippen LogP contribution in [0.25, 0.3) is 16.9 Å². The van der Waals surface area contributed by atoms with Crippen molar-refractivity contribution in [3.63, 3.8) is 0 Å². The van der Waals surface area contributed by atoms with Gasteiger partial charge in [0.1, 0.15) is 11.4 Å². The summed E-state index contributed by atoms with van der Waals surface area (Å²) in [7, 11) is 0. The van der Waals surface area contributed by atoms with Crippen LogP contribution in [0, 0.1) is 0 Å². The first-order valence-electron chi connectivity index (χ1n) is 8.12. The van der Waals surface area contributed by atoms with Crippen LogP contribution < -0.4 is 5.73 Å². The summed E-state index contributed by atoms with van der Waals surface area (Å²) >= 11 is 0. The van der Waals surface area contributed by atoms with Crippen LogP contribution in [-0.2, 0) is 17.8 Å². The molecule has 26 heavy (non-hydrogen) atoms. The summed E-state index contributed by atoms with van der Waals surface area (Å²) in [6.45, 7) is 4.47. The summed E-state index contributed by atoms with van der Waals surface area (Å²) in [6.07, 6.45) is 1.88. The highest BCUT2D eigenvalue weighted by molar-refractivity contribution is 5.98. The lowest BCUT2D eigenvalue weighted by Gasteiger charge is -2.24. The van der Waals surface area contributed by atoms with Gasteiger partial charge >= 0.3 is 0 Å². The van der Waals surface area contributed by atoms with Crippen molar-refractivity contribution < 1.29 is 14.7 Å². The third kappa shape index (κ3) is 2.34. The van der Waals surface area contributed by atoms with E-state index < -0.39 is 5.91 Å². The van der Waals surface area contributed by atoms with Crippen molar-refractivity contribution in [2.24, 2.45) is 5.73 Å². The fourth-order valence-electron chi connectivity index (χ4n) is 3.33. The van der Waals surface area contributed by atoms with Gasteiger partial charge in [-0.1, -0.05) is 6.58 Å². The number of primary amides is 1. The van der Waals surface area contributed by atoms with Crippen molar-refractivity contribution in [2.75, 3.05) is 6.54 Å². The number of nitrogens with one attached hydrogen (secondary N) is 1. The number of hydrogen-bond donors (Lipinski definition) is 3. The topological polar surface area (TPSA) is 117 Å². The number of nitrogens with zero attached hydrogens (tertiary/aromatic N) is 3. The van der Waals surface area contributed by atoms with Gasteiger partial charge in [-0.15, -0.1) is 0 Å². The number of aromatic hydroxyl groups is 1. The van der Waals surface area contributed by atoms with Crippen LogP contribution in [0.4, 0.5) is 0 Å². The van der Waals surface area contributed by atoms with E-state index in [0.717, 1.165) is 11.3 Å². The zero-order valence-corrected chi connectivity index (χ0v) is 13.9. The fraction of sp³-hybridized carbons (Fsp3) is 0.167. The van der Waals surface area contributed by atoms with Gasteiger partial charge in [0, 0.05) is 24.1 Å². The first-order valence-corrected chi connectivity index (χ1v) is 8.12. The Labute approximate surface area is 148 Å². The maximum atomic E-state index is 12.1. The highest BCUT2D eigenvalue weighted by atomic mass is 16.3. The zero-order valence-electron chi connectivity index (χ0n) is 13.9. The maximum Gasteiger partial charge on any atom is 0.269 e. The van der Waals surface area contributed by atoms with E-state index in [0.29, 0.717) is 36.4 Å². The zero-order chi connectivity index (χ0) is 18.4. The van der Waals surface area contributed by atoms with Gasteiger partial charge in [0.2, 0.25) is 5.91 Å². The summed E-state index contributed by atoms with van der Waals surface area (Å²) in [6, 6.07) is 6.44. The van der Waals surface area contributed by atoms with Gasteiger partial charge in [-0.3, -0.25) is 9.59 Å². The molecule has 0 aliphatic carbocycles. The number of aromatic amines is 1. The van der Waals surface area contributed by atoms with Gasteiger partial charge < -0.3 is 20.7 Å². The van der Waals surface area contributed by atoms with Crippen molar-refractivity contribution >= 4 is 17.5 Å². The molecule has 3 heterocycles. The number of carbonyl (C=O) groups excluding carboxylic acids is 2. The molecule has 2 aromatic heterocycles. The van der Waals surface area contributed by atoms with Crippen LogP contribution in [0.5, 0.6) is 5.75 Å². The summed E-state index contributed by atoms with van der Waals surface area (Å²) in [4.78, 5) is 28.9. The first kappa shape index (κ1) is 15.9. The number of aromatic nitrogens is 3.